The molecule has 0 aliphatic carbocycles. The summed E-state index contributed by atoms with van der Waals surface area (Å²) in [6, 6.07) is 15.8. The summed E-state index contributed by atoms with van der Waals surface area (Å²) in [4.78, 5) is 35.1. The molecule has 0 bridgehead atoms. The van der Waals surface area contributed by atoms with E-state index in [1.807, 2.05) is 13.8 Å². The molecule has 5 rings (SSSR count). The van der Waals surface area contributed by atoms with Crippen molar-refractivity contribution in [2.75, 3.05) is 10.7 Å². The number of nitrogens with zero attached hydrogens (tertiary/aromatic N) is 5. The van der Waals surface area contributed by atoms with Gasteiger partial charge in [-0.25, -0.2) is 18.9 Å². The number of carbonyl (C=O) groups is 2. The molecule has 3 amide bonds. The van der Waals surface area contributed by atoms with Gasteiger partial charge in [-0.05, 0) is 65.6 Å². The number of thioether (sulfide) groups is 1. The van der Waals surface area contributed by atoms with E-state index in [2.05, 4.69) is 25.1 Å². The summed E-state index contributed by atoms with van der Waals surface area (Å²) in [6.45, 7) is 3.90. The maximum Gasteiger partial charge on any atom is 0.573 e. The van der Waals surface area contributed by atoms with Crippen molar-refractivity contribution in [1.29, 1.82) is 0 Å². The largest absolute Gasteiger partial charge is 0.573 e. The Bertz CT molecular complexity index is 1690. The van der Waals surface area contributed by atoms with Gasteiger partial charge >= 0.3 is 12.4 Å². The topological polar surface area (TPSA) is 102 Å². The molecule has 1 aliphatic rings. The Morgan fingerprint density at radius 2 is 1.88 bits per heavy atom. The van der Waals surface area contributed by atoms with Gasteiger partial charge in [0.25, 0.3) is 0 Å². The highest BCUT2D eigenvalue weighted by molar-refractivity contribution is 8.15. The third-order valence-corrected chi connectivity index (χ3v) is 7.19. The van der Waals surface area contributed by atoms with Gasteiger partial charge in [0.1, 0.15) is 17.9 Å². The van der Waals surface area contributed by atoms with Gasteiger partial charge in [0.05, 0.1) is 17.1 Å². The molecule has 3 aromatic carbocycles. The minimum absolute atomic E-state index is 0.0641. The van der Waals surface area contributed by atoms with E-state index < -0.39 is 18.2 Å². The van der Waals surface area contributed by atoms with Crippen molar-refractivity contribution in [1.82, 2.24) is 20.1 Å². The fourth-order valence-corrected chi connectivity index (χ4v) is 5.18. The number of rotatable bonds is 7. The first-order valence-electron chi connectivity index (χ1n) is 13.0. The van der Waals surface area contributed by atoms with Crippen LogP contribution >= 0.6 is 11.8 Å². The van der Waals surface area contributed by atoms with Crippen LogP contribution in [0.2, 0.25) is 0 Å². The van der Waals surface area contributed by atoms with Gasteiger partial charge in [-0.15, -0.1) is 18.3 Å². The summed E-state index contributed by atoms with van der Waals surface area (Å²) in [5, 5.41) is 7.32. The van der Waals surface area contributed by atoms with E-state index in [0.717, 1.165) is 17.3 Å². The Balaban J connectivity index is 1.26. The van der Waals surface area contributed by atoms with Crippen LogP contribution in [-0.4, -0.2) is 44.0 Å². The van der Waals surface area contributed by atoms with Crippen LogP contribution in [0.3, 0.4) is 0 Å². The molecule has 9 nitrogen and oxygen atoms in total. The lowest BCUT2D eigenvalue weighted by molar-refractivity contribution is -0.274. The van der Waals surface area contributed by atoms with Gasteiger partial charge < -0.3 is 10.1 Å². The van der Waals surface area contributed by atoms with Crippen LogP contribution in [0.5, 0.6) is 5.75 Å². The van der Waals surface area contributed by atoms with Crippen molar-refractivity contribution in [2.45, 2.75) is 32.7 Å². The number of anilines is 1. The molecule has 2 heterocycles. The number of amidine groups is 1. The molecule has 43 heavy (non-hydrogen) atoms. The molecule has 14 heteroatoms. The molecule has 1 fully saturated rings. The lowest BCUT2D eigenvalue weighted by Gasteiger charge is -2.21. The number of amides is 3. The maximum absolute atomic E-state index is 13.9. The molecule has 0 atom stereocenters. The Labute approximate surface area is 247 Å². The van der Waals surface area contributed by atoms with Gasteiger partial charge in [0, 0.05) is 12.1 Å². The van der Waals surface area contributed by atoms with E-state index in [1.165, 1.54) is 58.4 Å². The predicted molar refractivity (Wildman–Crippen MR) is 154 cm³/mol. The van der Waals surface area contributed by atoms with Crippen molar-refractivity contribution in [3.8, 4) is 22.8 Å². The molecule has 1 N–H and O–H groups in total. The van der Waals surface area contributed by atoms with E-state index in [9.17, 15) is 27.2 Å². The zero-order chi connectivity index (χ0) is 30.7. The maximum atomic E-state index is 13.9. The zero-order valence-corrected chi connectivity index (χ0v) is 23.6. The summed E-state index contributed by atoms with van der Waals surface area (Å²) >= 11 is 1.13. The minimum atomic E-state index is -4.78. The number of benzene rings is 3. The molecule has 0 saturated carbocycles. The lowest BCUT2D eigenvalue weighted by Crippen LogP contribution is -2.32. The normalized spacial score (nSPS) is 14.5. The summed E-state index contributed by atoms with van der Waals surface area (Å²) < 4.78 is 56.4. The Morgan fingerprint density at radius 3 is 2.60 bits per heavy atom. The molecule has 0 spiro atoms. The van der Waals surface area contributed by atoms with E-state index in [-0.39, 0.29) is 35.0 Å². The van der Waals surface area contributed by atoms with Crippen molar-refractivity contribution in [3.63, 3.8) is 0 Å². The van der Waals surface area contributed by atoms with Crippen LogP contribution < -0.4 is 15.0 Å². The van der Waals surface area contributed by atoms with Crippen LogP contribution in [0.4, 0.5) is 28.0 Å². The molecule has 1 aliphatic heterocycles. The van der Waals surface area contributed by atoms with Crippen molar-refractivity contribution in [2.24, 2.45) is 4.99 Å². The standard InChI is InChI=1S/C29H24F4N6O3S/c1-17(2)23-13-20(30)6-11-24(23)39-25(40)15-43-28(39)36-27(41)34-14-18-4-3-5-19(12-18)26-35-16-38(37-26)21-7-9-22(10-8-21)42-29(31,32)33/h3-13,16-17H,14-15H2,1-2H3,(H,34,41)/b36-28-. The number of hydrogen-bond donors (Lipinski definition) is 1. The van der Waals surface area contributed by atoms with Crippen LogP contribution in [0.15, 0.2) is 78.0 Å². The zero-order valence-electron chi connectivity index (χ0n) is 22.8. The molecule has 1 saturated heterocycles. The van der Waals surface area contributed by atoms with Gasteiger partial charge in [-0.1, -0.05) is 43.8 Å². The molecular formula is C29H24F4N6O3S. The number of urea groups is 1. The van der Waals surface area contributed by atoms with Crippen LogP contribution in [0.25, 0.3) is 17.1 Å². The molecule has 1 aromatic heterocycles. The van der Waals surface area contributed by atoms with Crippen molar-refractivity contribution in [3.05, 3.63) is 90.0 Å². The second-order valence-corrected chi connectivity index (χ2v) is 10.6. The van der Waals surface area contributed by atoms with E-state index in [0.29, 0.717) is 28.3 Å². The second kappa shape index (κ2) is 12.3. The smallest absolute Gasteiger partial charge is 0.406 e. The predicted octanol–water partition coefficient (Wildman–Crippen LogP) is 6.44. The monoisotopic (exact) mass is 612 g/mol. The van der Waals surface area contributed by atoms with Gasteiger partial charge in [-0.2, -0.15) is 4.99 Å². The highest BCUT2D eigenvalue weighted by Crippen LogP contribution is 2.34. The van der Waals surface area contributed by atoms with Crippen molar-refractivity contribution < 1.29 is 31.9 Å². The average Bonchev–Trinajstić information content (AvgIpc) is 3.59. The average molecular weight is 613 g/mol. The first-order valence-corrected chi connectivity index (χ1v) is 13.9. The Morgan fingerprint density at radius 1 is 1.12 bits per heavy atom. The number of alkyl halides is 3. The lowest BCUT2D eigenvalue weighted by atomic mass is 10.0. The number of nitrogens with one attached hydrogen (secondary N) is 1. The third kappa shape index (κ3) is 7.20. The Kier molecular flexibility index (Phi) is 8.48. The molecular weight excluding hydrogens is 588 g/mol. The SMILES string of the molecule is CC(C)c1cc(F)ccc1N1C(=O)CS/C1=N\C(=O)NCc1cccc(-c2ncn(-c3ccc(OC(F)(F)F)cc3)n2)c1. The van der Waals surface area contributed by atoms with E-state index >= 15 is 0 Å². The number of aliphatic imine (C=N–C) groups is 1. The van der Waals surface area contributed by atoms with Crippen LogP contribution in [0, 0.1) is 5.82 Å². The number of hydrogen-bond acceptors (Lipinski definition) is 6. The van der Waals surface area contributed by atoms with E-state index in [1.54, 1.807) is 24.3 Å². The van der Waals surface area contributed by atoms with Gasteiger partial charge in [-0.3, -0.25) is 9.69 Å². The molecule has 4 aromatic rings. The molecule has 0 unspecified atom stereocenters. The van der Waals surface area contributed by atoms with Crippen molar-refractivity contribution >= 4 is 34.6 Å². The summed E-state index contributed by atoms with van der Waals surface area (Å²) in [6.07, 6.45) is -3.35. The van der Waals surface area contributed by atoms with Gasteiger partial charge in [0.2, 0.25) is 5.91 Å². The molecule has 0 radical (unpaired) electrons. The van der Waals surface area contributed by atoms with Crippen LogP contribution in [0.1, 0.15) is 30.9 Å². The Hall–Kier alpha value is -4.72. The fraction of sp³-hybridized carbons (Fsp3) is 0.207. The fourth-order valence-electron chi connectivity index (χ4n) is 4.32. The first-order chi connectivity index (χ1) is 20.5. The second-order valence-electron chi connectivity index (χ2n) is 9.68. The number of aromatic nitrogens is 3. The quantitative estimate of drug-likeness (QED) is 0.241. The summed E-state index contributed by atoms with van der Waals surface area (Å²) in [5.41, 5.74) is 2.97. The highest BCUT2D eigenvalue weighted by atomic mass is 32.2. The number of carbonyl (C=O) groups excluding carboxylic acids is 2. The summed E-state index contributed by atoms with van der Waals surface area (Å²) in [7, 11) is 0. The minimum Gasteiger partial charge on any atom is -0.406 e. The number of ether oxygens (including phenoxy) is 1. The molecule has 222 valence electrons. The van der Waals surface area contributed by atoms with E-state index in [4.69, 9.17) is 0 Å². The van der Waals surface area contributed by atoms with Crippen LogP contribution in [-0.2, 0) is 11.3 Å². The third-order valence-electron chi connectivity index (χ3n) is 6.27. The van der Waals surface area contributed by atoms with Gasteiger partial charge in [0.15, 0.2) is 11.0 Å². The first kappa shape index (κ1) is 29.8. The number of halogens is 4. The summed E-state index contributed by atoms with van der Waals surface area (Å²) in [5.74, 6) is -0.616. The highest BCUT2D eigenvalue weighted by Gasteiger charge is 2.33.